The van der Waals surface area contributed by atoms with E-state index in [4.69, 9.17) is 0 Å². The van der Waals surface area contributed by atoms with Crippen LogP contribution in [0.15, 0.2) is 32.2 Å². The van der Waals surface area contributed by atoms with Gasteiger partial charge in [0.1, 0.15) is 0 Å². The minimum atomic E-state index is -0.141. The van der Waals surface area contributed by atoms with E-state index in [1.807, 2.05) is 12.1 Å². The highest BCUT2D eigenvalue weighted by Gasteiger charge is 2.06. The van der Waals surface area contributed by atoms with Crippen LogP contribution in [-0.2, 0) is 0 Å². The lowest BCUT2D eigenvalue weighted by molar-refractivity contribution is 1.17. The number of rotatable bonds is 0. The van der Waals surface area contributed by atoms with Gasteiger partial charge in [-0.05, 0) is 44.0 Å². The first kappa shape index (κ1) is 8.90. The molecule has 0 unspecified atom stereocenters. The summed E-state index contributed by atoms with van der Waals surface area (Å²) in [5.74, 6) is 0. The second kappa shape index (κ2) is 3.23. The first-order valence-electron chi connectivity index (χ1n) is 3.51. The Labute approximate surface area is 90.4 Å². The third kappa shape index (κ3) is 1.42. The summed E-state index contributed by atoms with van der Waals surface area (Å²) in [6.07, 6.45) is 1.39. The van der Waals surface area contributed by atoms with E-state index in [0.29, 0.717) is 10.9 Å². The monoisotopic (exact) mass is 302 g/mol. The number of nitrogens with zero attached hydrogens (tertiary/aromatic N) is 1. The molecule has 0 fully saturated rings. The molecule has 0 radical (unpaired) electrons. The van der Waals surface area contributed by atoms with Crippen molar-refractivity contribution >= 4 is 42.8 Å². The maximum absolute atomic E-state index is 11.4. The molecule has 3 nitrogen and oxygen atoms in total. The fourth-order valence-corrected chi connectivity index (χ4v) is 2.04. The number of hydrogen-bond acceptors (Lipinski definition) is 2. The molecule has 0 saturated carbocycles. The van der Waals surface area contributed by atoms with E-state index in [-0.39, 0.29) is 5.56 Å². The minimum Gasteiger partial charge on any atom is -0.313 e. The molecule has 1 aromatic carbocycles. The van der Waals surface area contributed by atoms with E-state index in [1.54, 1.807) is 0 Å². The zero-order valence-corrected chi connectivity index (χ0v) is 9.52. The van der Waals surface area contributed by atoms with Gasteiger partial charge in [-0.3, -0.25) is 4.79 Å². The fourth-order valence-electron chi connectivity index (χ4n) is 1.11. The maximum atomic E-state index is 11.4. The summed E-state index contributed by atoms with van der Waals surface area (Å²) in [5, 5.41) is 0.567. The fraction of sp³-hybridized carbons (Fsp3) is 0. The van der Waals surface area contributed by atoms with Crippen LogP contribution >= 0.6 is 31.9 Å². The Balaban J connectivity index is 3.09. The van der Waals surface area contributed by atoms with E-state index in [1.165, 1.54) is 6.33 Å². The van der Waals surface area contributed by atoms with Crippen LogP contribution in [0.4, 0.5) is 0 Å². The van der Waals surface area contributed by atoms with Crippen molar-refractivity contribution in [3.05, 3.63) is 37.8 Å². The second-order valence-corrected chi connectivity index (χ2v) is 4.19. The van der Waals surface area contributed by atoms with Gasteiger partial charge in [0, 0.05) is 8.95 Å². The van der Waals surface area contributed by atoms with E-state index < -0.39 is 0 Å². The molecule has 2 aromatic rings. The molecule has 66 valence electrons. The summed E-state index contributed by atoms with van der Waals surface area (Å²) in [6.45, 7) is 0. The van der Waals surface area contributed by atoms with Crippen LogP contribution in [0.25, 0.3) is 10.9 Å². The van der Waals surface area contributed by atoms with Gasteiger partial charge in [-0.2, -0.15) is 0 Å². The lowest BCUT2D eigenvalue weighted by Gasteiger charge is -1.99. The third-order valence-electron chi connectivity index (χ3n) is 1.69. The highest BCUT2D eigenvalue weighted by molar-refractivity contribution is 9.11. The molecule has 2 rings (SSSR count). The Morgan fingerprint density at radius 2 is 1.92 bits per heavy atom. The minimum absolute atomic E-state index is 0.141. The molecular formula is C8H4Br2N2O. The SMILES string of the molecule is O=c1[nH]cnc2c(Br)ccc(Br)c12. The number of halogens is 2. The molecule has 13 heavy (non-hydrogen) atoms. The molecular weight excluding hydrogens is 300 g/mol. The lowest BCUT2D eigenvalue weighted by Crippen LogP contribution is -2.06. The van der Waals surface area contributed by atoms with Gasteiger partial charge < -0.3 is 4.98 Å². The zero-order valence-electron chi connectivity index (χ0n) is 6.34. The molecule has 5 heteroatoms. The van der Waals surface area contributed by atoms with Crippen molar-refractivity contribution in [2.75, 3.05) is 0 Å². The van der Waals surface area contributed by atoms with Crippen molar-refractivity contribution in [2.45, 2.75) is 0 Å². The van der Waals surface area contributed by atoms with Gasteiger partial charge in [0.15, 0.2) is 0 Å². The molecule has 0 atom stereocenters. The number of fused-ring (bicyclic) bond motifs is 1. The average Bonchev–Trinajstić information content (AvgIpc) is 2.12. The van der Waals surface area contributed by atoms with E-state index in [0.717, 1.165) is 8.95 Å². The molecule has 1 N–H and O–H groups in total. The Bertz CT molecular complexity index is 521. The van der Waals surface area contributed by atoms with Crippen molar-refractivity contribution in [1.82, 2.24) is 9.97 Å². The smallest absolute Gasteiger partial charge is 0.259 e. The van der Waals surface area contributed by atoms with Crippen molar-refractivity contribution in [1.29, 1.82) is 0 Å². The van der Waals surface area contributed by atoms with Crippen LogP contribution < -0.4 is 5.56 Å². The van der Waals surface area contributed by atoms with Gasteiger partial charge in [0.2, 0.25) is 0 Å². The Morgan fingerprint density at radius 3 is 2.62 bits per heavy atom. The topological polar surface area (TPSA) is 45.8 Å². The van der Waals surface area contributed by atoms with Crippen molar-refractivity contribution in [2.24, 2.45) is 0 Å². The van der Waals surface area contributed by atoms with Gasteiger partial charge in [-0.15, -0.1) is 0 Å². The van der Waals surface area contributed by atoms with Crippen molar-refractivity contribution in [3.8, 4) is 0 Å². The number of H-pyrrole nitrogens is 1. The van der Waals surface area contributed by atoms with Gasteiger partial charge in [0.25, 0.3) is 5.56 Å². The molecule has 1 heterocycles. The number of aromatic nitrogens is 2. The summed E-state index contributed by atoms with van der Waals surface area (Å²) in [4.78, 5) is 18.0. The summed E-state index contributed by atoms with van der Waals surface area (Å²) in [6, 6.07) is 3.65. The average molecular weight is 304 g/mol. The standard InChI is InChI=1S/C8H4Br2N2O/c9-4-1-2-5(10)7-6(4)8(13)12-3-11-7/h1-3H,(H,11,12,13). The summed E-state index contributed by atoms with van der Waals surface area (Å²) in [5.41, 5.74) is 0.524. The number of nitrogens with one attached hydrogen (secondary N) is 1. The molecule has 0 bridgehead atoms. The van der Waals surface area contributed by atoms with Gasteiger partial charge in [-0.1, -0.05) is 0 Å². The normalized spacial score (nSPS) is 10.6. The highest BCUT2D eigenvalue weighted by atomic mass is 79.9. The Morgan fingerprint density at radius 1 is 1.23 bits per heavy atom. The van der Waals surface area contributed by atoms with Gasteiger partial charge >= 0.3 is 0 Å². The zero-order chi connectivity index (χ0) is 9.42. The van der Waals surface area contributed by atoms with Crippen LogP contribution in [0, 0.1) is 0 Å². The molecule has 0 saturated heterocycles. The summed E-state index contributed by atoms with van der Waals surface area (Å²) in [7, 11) is 0. The third-order valence-corrected chi connectivity index (χ3v) is 2.99. The van der Waals surface area contributed by atoms with Gasteiger partial charge in [-0.25, -0.2) is 4.98 Å². The molecule has 0 aliphatic rings. The highest BCUT2D eigenvalue weighted by Crippen LogP contribution is 2.25. The van der Waals surface area contributed by atoms with Crippen molar-refractivity contribution < 1.29 is 0 Å². The summed E-state index contributed by atoms with van der Waals surface area (Å²) < 4.78 is 1.57. The van der Waals surface area contributed by atoms with E-state index in [2.05, 4.69) is 41.8 Å². The van der Waals surface area contributed by atoms with Crippen LogP contribution in [0.5, 0.6) is 0 Å². The van der Waals surface area contributed by atoms with Crippen molar-refractivity contribution in [3.63, 3.8) is 0 Å². The lowest BCUT2D eigenvalue weighted by atomic mass is 10.2. The Hall–Kier alpha value is -0.680. The van der Waals surface area contributed by atoms with Crippen LogP contribution in [0.2, 0.25) is 0 Å². The molecule has 0 aliphatic carbocycles. The molecule has 0 aliphatic heterocycles. The van der Waals surface area contributed by atoms with E-state index in [9.17, 15) is 4.79 Å². The number of aromatic amines is 1. The first-order chi connectivity index (χ1) is 6.20. The Kier molecular flexibility index (Phi) is 2.21. The largest absolute Gasteiger partial charge is 0.313 e. The quantitative estimate of drug-likeness (QED) is 0.812. The van der Waals surface area contributed by atoms with Crippen LogP contribution in [-0.4, -0.2) is 9.97 Å². The van der Waals surface area contributed by atoms with E-state index >= 15 is 0 Å². The second-order valence-electron chi connectivity index (χ2n) is 2.48. The number of hydrogen-bond donors (Lipinski definition) is 1. The molecule has 1 aromatic heterocycles. The maximum Gasteiger partial charge on any atom is 0.259 e. The predicted octanol–water partition coefficient (Wildman–Crippen LogP) is 2.45. The van der Waals surface area contributed by atoms with Crippen LogP contribution in [0.1, 0.15) is 0 Å². The first-order valence-corrected chi connectivity index (χ1v) is 5.10. The van der Waals surface area contributed by atoms with Gasteiger partial charge in [0.05, 0.1) is 17.2 Å². The number of benzene rings is 1. The van der Waals surface area contributed by atoms with Crippen LogP contribution in [0.3, 0.4) is 0 Å². The molecule has 0 spiro atoms. The summed E-state index contributed by atoms with van der Waals surface area (Å²) >= 11 is 6.63. The predicted molar refractivity (Wildman–Crippen MR) is 57.8 cm³/mol. The molecule has 0 amide bonds.